The van der Waals surface area contributed by atoms with Crippen LogP contribution in [0.4, 0.5) is 0 Å². The normalized spacial score (nSPS) is 47.8. The molecular formula is C12H20O2. The van der Waals surface area contributed by atoms with Crippen molar-refractivity contribution in [3.05, 3.63) is 0 Å². The van der Waals surface area contributed by atoms with E-state index in [1.807, 2.05) is 0 Å². The van der Waals surface area contributed by atoms with Crippen molar-refractivity contribution in [2.75, 3.05) is 0 Å². The van der Waals surface area contributed by atoms with Crippen LogP contribution in [0.3, 0.4) is 0 Å². The minimum atomic E-state index is 0.506. The summed E-state index contributed by atoms with van der Waals surface area (Å²) in [5.41, 5.74) is 0. The average molecular weight is 196 g/mol. The molecule has 2 saturated heterocycles. The van der Waals surface area contributed by atoms with Gasteiger partial charge in [-0.15, -0.1) is 0 Å². The molecule has 2 aliphatic heterocycles. The third kappa shape index (κ3) is 1.82. The van der Waals surface area contributed by atoms with Crippen molar-refractivity contribution in [2.24, 2.45) is 5.92 Å². The van der Waals surface area contributed by atoms with Crippen LogP contribution in [0.2, 0.25) is 0 Å². The van der Waals surface area contributed by atoms with Crippen molar-refractivity contribution < 1.29 is 9.47 Å². The van der Waals surface area contributed by atoms with E-state index in [2.05, 4.69) is 6.92 Å². The fraction of sp³-hybridized carbons (Fsp3) is 1.00. The van der Waals surface area contributed by atoms with Gasteiger partial charge in [0, 0.05) is 6.42 Å². The van der Waals surface area contributed by atoms with E-state index in [9.17, 15) is 0 Å². The SMILES string of the molecule is C[C@@H]1OC1C[C@@H]1OC1C1CCCCC1. The lowest BCUT2D eigenvalue weighted by Crippen LogP contribution is -2.15. The minimum absolute atomic E-state index is 0.506. The van der Waals surface area contributed by atoms with Gasteiger partial charge < -0.3 is 9.47 Å². The topological polar surface area (TPSA) is 25.1 Å². The second-order valence-corrected chi connectivity index (χ2v) is 5.15. The van der Waals surface area contributed by atoms with Gasteiger partial charge in [0.1, 0.15) is 0 Å². The zero-order valence-corrected chi connectivity index (χ0v) is 8.95. The molecular weight excluding hydrogens is 176 g/mol. The molecule has 80 valence electrons. The monoisotopic (exact) mass is 196 g/mol. The van der Waals surface area contributed by atoms with Crippen molar-refractivity contribution in [2.45, 2.75) is 69.9 Å². The maximum Gasteiger partial charge on any atom is 0.0871 e. The second-order valence-electron chi connectivity index (χ2n) is 5.15. The molecule has 0 bridgehead atoms. The Kier molecular flexibility index (Phi) is 2.29. The molecule has 14 heavy (non-hydrogen) atoms. The molecule has 1 aliphatic carbocycles. The Balaban J connectivity index is 1.43. The molecule has 0 aromatic rings. The van der Waals surface area contributed by atoms with Gasteiger partial charge >= 0.3 is 0 Å². The predicted molar refractivity (Wildman–Crippen MR) is 54.2 cm³/mol. The molecule has 3 fully saturated rings. The van der Waals surface area contributed by atoms with Crippen LogP contribution in [0.1, 0.15) is 45.4 Å². The highest BCUT2D eigenvalue weighted by molar-refractivity contribution is 4.96. The molecule has 4 atom stereocenters. The molecule has 3 aliphatic rings. The third-order valence-electron chi connectivity index (χ3n) is 4.04. The Labute approximate surface area is 86.0 Å². The van der Waals surface area contributed by atoms with E-state index in [1.165, 1.54) is 32.1 Å². The first kappa shape index (κ1) is 9.17. The zero-order chi connectivity index (χ0) is 9.54. The highest BCUT2D eigenvalue weighted by Gasteiger charge is 2.49. The van der Waals surface area contributed by atoms with E-state index in [0.29, 0.717) is 24.4 Å². The number of ether oxygens (including phenoxy) is 2. The molecule has 2 nitrogen and oxygen atoms in total. The maximum atomic E-state index is 5.78. The smallest absolute Gasteiger partial charge is 0.0871 e. The number of epoxide rings is 2. The van der Waals surface area contributed by atoms with E-state index >= 15 is 0 Å². The van der Waals surface area contributed by atoms with E-state index in [-0.39, 0.29) is 0 Å². The second kappa shape index (κ2) is 3.49. The van der Waals surface area contributed by atoms with Crippen molar-refractivity contribution in [3.63, 3.8) is 0 Å². The summed E-state index contributed by atoms with van der Waals surface area (Å²) < 4.78 is 11.2. The van der Waals surface area contributed by atoms with Crippen LogP contribution in [0.15, 0.2) is 0 Å². The Morgan fingerprint density at radius 2 is 1.71 bits per heavy atom. The zero-order valence-electron chi connectivity index (χ0n) is 8.95. The van der Waals surface area contributed by atoms with Gasteiger partial charge in [-0.05, 0) is 25.7 Å². The van der Waals surface area contributed by atoms with Crippen LogP contribution >= 0.6 is 0 Å². The van der Waals surface area contributed by atoms with E-state index in [1.54, 1.807) is 0 Å². The Morgan fingerprint density at radius 3 is 2.36 bits per heavy atom. The third-order valence-corrected chi connectivity index (χ3v) is 4.04. The van der Waals surface area contributed by atoms with Crippen LogP contribution < -0.4 is 0 Å². The molecule has 0 spiro atoms. The van der Waals surface area contributed by atoms with Gasteiger partial charge in [0.15, 0.2) is 0 Å². The average Bonchev–Trinajstić information content (AvgIpc) is 3.10. The predicted octanol–water partition coefficient (Wildman–Crippen LogP) is 2.51. The standard InChI is InChI=1S/C12H20O2/c1-8-10(13-8)7-11-12(14-11)9-5-3-2-4-6-9/h8-12H,2-7H2,1H3/t8-,10?,11-,12?/m0/s1. The summed E-state index contributed by atoms with van der Waals surface area (Å²) in [4.78, 5) is 0. The van der Waals surface area contributed by atoms with Crippen molar-refractivity contribution in [3.8, 4) is 0 Å². The summed E-state index contributed by atoms with van der Waals surface area (Å²) in [6.45, 7) is 2.16. The minimum Gasteiger partial charge on any atom is -0.370 e. The van der Waals surface area contributed by atoms with Gasteiger partial charge in [0.25, 0.3) is 0 Å². The van der Waals surface area contributed by atoms with Crippen LogP contribution in [-0.2, 0) is 9.47 Å². The lowest BCUT2D eigenvalue weighted by atomic mass is 9.85. The van der Waals surface area contributed by atoms with E-state index < -0.39 is 0 Å². The molecule has 0 aromatic heterocycles. The molecule has 2 unspecified atom stereocenters. The van der Waals surface area contributed by atoms with Crippen molar-refractivity contribution in [1.29, 1.82) is 0 Å². The molecule has 1 saturated carbocycles. The summed E-state index contributed by atoms with van der Waals surface area (Å²) in [5.74, 6) is 0.878. The van der Waals surface area contributed by atoms with E-state index in [0.717, 1.165) is 12.3 Å². The van der Waals surface area contributed by atoms with Crippen molar-refractivity contribution in [1.82, 2.24) is 0 Å². The lowest BCUT2D eigenvalue weighted by molar-refractivity contribution is 0.260. The Hall–Kier alpha value is -0.0800. The molecule has 2 heterocycles. The van der Waals surface area contributed by atoms with Crippen molar-refractivity contribution >= 4 is 0 Å². The first-order valence-corrected chi connectivity index (χ1v) is 6.15. The van der Waals surface area contributed by atoms with Gasteiger partial charge in [0.05, 0.1) is 24.4 Å². The molecule has 0 N–H and O–H groups in total. The van der Waals surface area contributed by atoms with Crippen LogP contribution in [0.5, 0.6) is 0 Å². The molecule has 2 heteroatoms. The van der Waals surface area contributed by atoms with Crippen LogP contribution in [0.25, 0.3) is 0 Å². The van der Waals surface area contributed by atoms with Gasteiger partial charge in [-0.3, -0.25) is 0 Å². The number of hydrogen-bond acceptors (Lipinski definition) is 2. The summed E-state index contributed by atoms with van der Waals surface area (Å²) in [7, 11) is 0. The molecule has 0 radical (unpaired) electrons. The summed E-state index contributed by atoms with van der Waals surface area (Å²) in [6, 6.07) is 0. The highest BCUT2D eigenvalue weighted by atomic mass is 16.6. The fourth-order valence-corrected chi connectivity index (χ4v) is 2.93. The first-order chi connectivity index (χ1) is 6.84. The van der Waals surface area contributed by atoms with Crippen LogP contribution in [-0.4, -0.2) is 24.4 Å². The Morgan fingerprint density at radius 1 is 1.00 bits per heavy atom. The number of hydrogen-bond donors (Lipinski definition) is 0. The quantitative estimate of drug-likeness (QED) is 0.648. The molecule has 3 rings (SSSR count). The summed E-state index contributed by atoms with van der Waals surface area (Å²) in [6.07, 6.45) is 10.4. The highest BCUT2D eigenvalue weighted by Crippen LogP contribution is 2.42. The maximum absolute atomic E-state index is 5.78. The lowest BCUT2D eigenvalue weighted by Gasteiger charge is -2.19. The summed E-state index contributed by atoms with van der Waals surface area (Å²) >= 11 is 0. The molecule has 0 amide bonds. The van der Waals surface area contributed by atoms with Gasteiger partial charge in [-0.25, -0.2) is 0 Å². The molecule has 0 aromatic carbocycles. The van der Waals surface area contributed by atoms with Crippen LogP contribution in [0, 0.1) is 5.92 Å². The van der Waals surface area contributed by atoms with E-state index in [4.69, 9.17) is 9.47 Å². The first-order valence-electron chi connectivity index (χ1n) is 6.15. The van der Waals surface area contributed by atoms with Gasteiger partial charge in [-0.2, -0.15) is 0 Å². The van der Waals surface area contributed by atoms with Gasteiger partial charge in [0.2, 0.25) is 0 Å². The largest absolute Gasteiger partial charge is 0.370 e. The fourth-order valence-electron chi connectivity index (χ4n) is 2.93. The number of rotatable bonds is 3. The van der Waals surface area contributed by atoms with Gasteiger partial charge in [-0.1, -0.05) is 19.3 Å². The Bertz CT molecular complexity index is 210. The summed E-state index contributed by atoms with van der Waals surface area (Å²) in [5, 5.41) is 0.